The standard InChI is InChI=1S/C23H14Cl3N3O3/c24-14-9-10-17(25)18(12-14)29-22(31)19(26)20(23(29)32)27-16-8-4-5-13(11-16)21(30)28-15-6-2-1-3-7-15/h1-12,27H,(H,28,30). The van der Waals surface area contributed by atoms with Crippen LogP contribution in [-0.2, 0) is 9.59 Å². The van der Waals surface area contributed by atoms with Crippen molar-refractivity contribution in [2.24, 2.45) is 0 Å². The average molecular weight is 487 g/mol. The van der Waals surface area contributed by atoms with E-state index in [0.29, 0.717) is 22.0 Å². The molecule has 0 saturated heterocycles. The van der Waals surface area contributed by atoms with Gasteiger partial charge in [0.1, 0.15) is 10.7 Å². The highest BCUT2D eigenvalue weighted by molar-refractivity contribution is 6.54. The molecule has 0 fully saturated rings. The Hall–Kier alpha value is -3.32. The van der Waals surface area contributed by atoms with Crippen LogP contribution in [0, 0.1) is 0 Å². The molecule has 160 valence electrons. The molecule has 0 atom stereocenters. The molecule has 0 saturated carbocycles. The van der Waals surface area contributed by atoms with E-state index < -0.39 is 11.8 Å². The Morgan fingerprint density at radius 1 is 0.781 bits per heavy atom. The molecule has 4 rings (SSSR count). The van der Waals surface area contributed by atoms with Crippen molar-refractivity contribution in [1.82, 2.24) is 0 Å². The number of hydrogen-bond donors (Lipinski definition) is 2. The Balaban J connectivity index is 1.57. The molecule has 3 aromatic carbocycles. The molecule has 0 bridgehead atoms. The van der Waals surface area contributed by atoms with Crippen molar-refractivity contribution in [1.29, 1.82) is 0 Å². The quantitative estimate of drug-likeness (QED) is 0.455. The molecular weight excluding hydrogens is 473 g/mol. The van der Waals surface area contributed by atoms with Gasteiger partial charge in [0.05, 0.1) is 10.7 Å². The molecule has 32 heavy (non-hydrogen) atoms. The van der Waals surface area contributed by atoms with E-state index in [9.17, 15) is 14.4 Å². The van der Waals surface area contributed by atoms with Crippen molar-refractivity contribution in [3.63, 3.8) is 0 Å². The molecular formula is C23H14Cl3N3O3. The highest BCUT2D eigenvalue weighted by atomic mass is 35.5. The molecule has 6 nitrogen and oxygen atoms in total. The maximum atomic E-state index is 13.0. The van der Waals surface area contributed by atoms with E-state index in [1.54, 1.807) is 42.5 Å². The SMILES string of the molecule is O=C(Nc1ccccc1)c1cccc(NC2=C(Cl)C(=O)N(c3cc(Cl)ccc3Cl)C2=O)c1. The summed E-state index contributed by atoms with van der Waals surface area (Å²) >= 11 is 18.3. The third kappa shape index (κ3) is 4.34. The van der Waals surface area contributed by atoms with Crippen LogP contribution in [0.15, 0.2) is 83.5 Å². The average Bonchev–Trinajstić information content (AvgIpc) is 2.99. The molecule has 3 amide bonds. The first-order valence-electron chi connectivity index (χ1n) is 9.32. The van der Waals surface area contributed by atoms with Crippen molar-refractivity contribution in [3.05, 3.63) is 99.1 Å². The lowest BCUT2D eigenvalue weighted by Gasteiger charge is -2.17. The van der Waals surface area contributed by atoms with Gasteiger partial charge >= 0.3 is 0 Å². The lowest BCUT2D eigenvalue weighted by molar-refractivity contribution is -0.120. The summed E-state index contributed by atoms with van der Waals surface area (Å²) in [5.41, 5.74) is 1.39. The molecule has 0 spiro atoms. The lowest BCUT2D eigenvalue weighted by atomic mass is 10.1. The van der Waals surface area contributed by atoms with Crippen LogP contribution in [-0.4, -0.2) is 17.7 Å². The second kappa shape index (κ2) is 9.04. The van der Waals surface area contributed by atoms with Gasteiger partial charge in [-0.2, -0.15) is 0 Å². The fourth-order valence-electron chi connectivity index (χ4n) is 3.09. The first-order valence-corrected chi connectivity index (χ1v) is 10.5. The molecule has 9 heteroatoms. The van der Waals surface area contributed by atoms with Gasteiger partial charge in [-0.05, 0) is 48.5 Å². The minimum absolute atomic E-state index is 0.125. The number of hydrogen-bond acceptors (Lipinski definition) is 4. The highest BCUT2D eigenvalue weighted by Crippen LogP contribution is 2.35. The van der Waals surface area contributed by atoms with E-state index in [2.05, 4.69) is 10.6 Å². The molecule has 1 aliphatic heterocycles. The van der Waals surface area contributed by atoms with Crippen LogP contribution in [0.5, 0.6) is 0 Å². The molecule has 3 aromatic rings. The number of rotatable bonds is 5. The Morgan fingerprint density at radius 2 is 1.50 bits per heavy atom. The van der Waals surface area contributed by atoms with Crippen LogP contribution in [0.4, 0.5) is 17.1 Å². The molecule has 0 aromatic heterocycles. The van der Waals surface area contributed by atoms with Crippen molar-refractivity contribution >= 4 is 69.6 Å². The summed E-state index contributed by atoms with van der Waals surface area (Å²) in [7, 11) is 0. The molecule has 0 aliphatic carbocycles. The Morgan fingerprint density at radius 3 is 2.25 bits per heavy atom. The second-order valence-electron chi connectivity index (χ2n) is 6.76. The Labute approximate surface area is 198 Å². The summed E-state index contributed by atoms with van der Waals surface area (Å²) in [4.78, 5) is 39.1. The topological polar surface area (TPSA) is 78.5 Å². The molecule has 2 N–H and O–H groups in total. The minimum Gasteiger partial charge on any atom is -0.350 e. The van der Waals surface area contributed by atoms with Crippen molar-refractivity contribution < 1.29 is 14.4 Å². The molecule has 1 aliphatic rings. The monoisotopic (exact) mass is 485 g/mol. The summed E-state index contributed by atoms with van der Waals surface area (Å²) < 4.78 is 0. The number of para-hydroxylation sites is 1. The number of anilines is 3. The van der Waals surface area contributed by atoms with Crippen molar-refractivity contribution in [3.8, 4) is 0 Å². The Kier molecular flexibility index (Phi) is 6.19. The molecule has 0 radical (unpaired) electrons. The van der Waals surface area contributed by atoms with E-state index in [-0.39, 0.29) is 27.3 Å². The fraction of sp³-hybridized carbons (Fsp3) is 0. The minimum atomic E-state index is -0.735. The first kappa shape index (κ1) is 21.9. The zero-order valence-corrected chi connectivity index (χ0v) is 18.5. The number of carbonyl (C=O) groups excluding carboxylic acids is 3. The molecule has 1 heterocycles. The van der Waals surface area contributed by atoms with Crippen LogP contribution < -0.4 is 15.5 Å². The van der Waals surface area contributed by atoms with Gasteiger partial charge < -0.3 is 10.6 Å². The third-order valence-corrected chi connectivity index (χ3v) is 5.51. The second-order valence-corrected chi connectivity index (χ2v) is 7.98. The van der Waals surface area contributed by atoms with Crippen LogP contribution in [0.2, 0.25) is 10.0 Å². The van der Waals surface area contributed by atoms with Crippen molar-refractivity contribution in [2.45, 2.75) is 0 Å². The van der Waals surface area contributed by atoms with Gasteiger partial charge in [-0.15, -0.1) is 0 Å². The van der Waals surface area contributed by atoms with Gasteiger partial charge in [0.2, 0.25) is 0 Å². The molecule has 0 unspecified atom stereocenters. The summed E-state index contributed by atoms with van der Waals surface area (Å²) in [6.45, 7) is 0. The third-order valence-electron chi connectivity index (χ3n) is 4.60. The largest absolute Gasteiger partial charge is 0.350 e. The number of nitrogens with zero attached hydrogens (tertiary/aromatic N) is 1. The Bertz CT molecular complexity index is 1280. The smallest absolute Gasteiger partial charge is 0.283 e. The summed E-state index contributed by atoms with van der Waals surface area (Å²) in [6.07, 6.45) is 0. The van der Waals surface area contributed by atoms with E-state index in [4.69, 9.17) is 34.8 Å². The zero-order chi connectivity index (χ0) is 22.8. The predicted octanol–water partition coefficient (Wildman–Crippen LogP) is 5.68. The number of benzene rings is 3. The maximum Gasteiger partial charge on any atom is 0.283 e. The maximum absolute atomic E-state index is 13.0. The summed E-state index contributed by atoms with van der Waals surface area (Å²) in [5, 5.41) is 5.80. The van der Waals surface area contributed by atoms with E-state index in [1.807, 2.05) is 18.2 Å². The number of nitrogens with one attached hydrogen (secondary N) is 2. The van der Waals surface area contributed by atoms with Gasteiger partial charge in [-0.1, -0.05) is 59.1 Å². The highest BCUT2D eigenvalue weighted by Gasteiger charge is 2.40. The predicted molar refractivity (Wildman–Crippen MR) is 126 cm³/mol. The summed E-state index contributed by atoms with van der Waals surface area (Å²) in [6, 6.07) is 19.9. The van der Waals surface area contributed by atoms with Gasteiger partial charge in [-0.3, -0.25) is 14.4 Å². The normalized spacial score (nSPS) is 13.5. The fourth-order valence-corrected chi connectivity index (χ4v) is 3.68. The van der Waals surface area contributed by atoms with Gasteiger partial charge in [0.25, 0.3) is 17.7 Å². The van der Waals surface area contributed by atoms with Crippen LogP contribution in [0.1, 0.15) is 10.4 Å². The van der Waals surface area contributed by atoms with Gasteiger partial charge in [0, 0.05) is 22.0 Å². The number of carbonyl (C=O) groups is 3. The summed E-state index contributed by atoms with van der Waals surface area (Å²) in [5.74, 6) is -1.76. The van der Waals surface area contributed by atoms with Crippen molar-refractivity contribution in [2.75, 3.05) is 15.5 Å². The van der Waals surface area contributed by atoms with E-state index in [1.165, 1.54) is 12.1 Å². The number of halogens is 3. The van der Waals surface area contributed by atoms with Crippen LogP contribution in [0.3, 0.4) is 0 Å². The van der Waals surface area contributed by atoms with Gasteiger partial charge in [0.15, 0.2) is 0 Å². The zero-order valence-electron chi connectivity index (χ0n) is 16.2. The van der Waals surface area contributed by atoms with E-state index in [0.717, 1.165) is 4.90 Å². The lowest BCUT2D eigenvalue weighted by Crippen LogP contribution is -2.32. The van der Waals surface area contributed by atoms with Gasteiger partial charge in [-0.25, -0.2) is 4.90 Å². The van der Waals surface area contributed by atoms with Crippen LogP contribution in [0.25, 0.3) is 0 Å². The van der Waals surface area contributed by atoms with Crippen LogP contribution >= 0.6 is 34.8 Å². The first-order chi connectivity index (χ1) is 15.3. The number of imide groups is 1. The van der Waals surface area contributed by atoms with E-state index >= 15 is 0 Å². The number of amides is 3.